The Morgan fingerprint density at radius 3 is 2.65 bits per heavy atom. The second-order valence-electron chi connectivity index (χ2n) is 6.25. The molecule has 1 aliphatic rings. The van der Waals surface area contributed by atoms with E-state index in [-0.39, 0.29) is 6.03 Å². The summed E-state index contributed by atoms with van der Waals surface area (Å²) in [6.07, 6.45) is 2.25. The molecule has 0 spiro atoms. The van der Waals surface area contributed by atoms with E-state index in [1.165, 1.54) is 12.7 Å². The molecule has 2 heterocycles. The molecule has 1 aromatic carbocycles. The van der Waals surface area contributed by atoms with Crippen LogP contribution in [0, 0.1) is 6.92 Å². The summed E-state index contributed by atoms with van der Waals surface area (Å²) < 4.78 is 4.79. The molecular formula is C19H23N3O3S. The first-order chi connectivity index (χ1) is 12.6. The Bertz CT molecular complexity index is 797. The van der Waals surface area contributed by atoms with E-state index in [0.717, 1.165) is 36.5 Å². The van der Waals surface area contributed by atoms with Gasteiger partial charge in [-0.05, 0) is 55.0 Å². The topological polar surface area (TPSA) is 70.7 Å². The molecule has 1 saturated heterocycles. The molecule has 0 bridgehead atoms. The maximum absolute atomic E-state index is 12.4. The van der Waals surface area contributed by atoms with Gasteiger partial charge in [-0.2, -0.15) is 0 Å². The lowest BCUT2D eigenvalue weighted by atomic mass is 10.1. The molecule has 2 aromatic rings. The second-order valence-corrected chi connectivity index (χ2v) is 7.25. The van der Waals surface area contributed by atoms with Gasteiger partial charge in [-0.15, -0.1) is 11.3 Å². The lowest BCUT2D eigenvalue weighted by Crippen LogP contribution is -2.29. The second kappa shape index (κ2) is 8.23. The first kappa shape index (κ1) is 18.3. The zero-order chi connectivity index (χ0) is 18.5. The number of hydrogen-bond acceptors (Lipinski definition) is 5. The molecule has 3 rings (SSSR count). The predicted molar refractivity (Wildman–Crippen MR) is 104 cm³/mol. The Morgan fingerprint density at radius 1 is 1.23 bits per heavy atom. The highest BCUT2D eigenvalue weighted by Crippen LogP contribution is 2.30. The van der Waals surface area contributed by atoms with Gasteiger partial charge in [-0.1, -0.05) is 0 Å². The third-order valence-electron chi connectivity index (χ3n) is 4.49. The van der Waals surface area contributed by atoms with Crippen LogP contribution in [-0.2, 0) is 11.3 Å². The fourth-order valence-electron chi connectivity index (χ4n) is 3.03. The molecule has 0 atom stereocenters. The van der Waals surface area contributed by atoms with Gasteiger partial charge in [-0.25, -0.2) is 9.59 Å². The molecule has 1 aromatic heterocycles. The van der Waals surface area contributed by atoms with Gasteiger partial charge < -0.3 is 20.3 Å². The van der Waals surface area contributed by atoms with E-state index in [1.807, 2.05) is 24.4 Å². The summed E-state index contributed by atoms with van der Waals surface area (Å²) in [5, 5.41) is 7.78. The van der Waals surface area contributed by atoms with E-state index in [4.69, 9.17) is 4.74 Å². The largest absolute Gasteiger partial charge is 0.465 e. The molecule has 0 aliphatic carbocycles. The van der Waals surface area contributed by atoms with Crippen LogP contribution in [0.2, 0.25) is 0 Å². The number of benzene rings is 1. The van der Waals surface area contributed by atoms with Crippen LogP contribution in [0.25, 0.3) is 0 Å². The van der Waals surface area contributed by atoms with Crippen molar-refractivity contribution in [1.82, 2.24) is 5.32 Å². The van der Waals surface area contributed by atoms with E-state index >= 15 is 0 Å². The number of thiophene rings is 1. The lowest BCUT2D eigenvalue weighted by molar-refractivity contribution is 0.0600. The van der Waals surface area contributed by atoms with Crippen molar-refractivity contribution in [2.75, 3.05) is 30.4 Å². The maximum Gasteiger partial charge on any atom is 0.337 e. The van der Waals surface area contributed by atoms with Gasteiger partial charge in [-0.3, -0.25) is 0 Å². The van der Waals surface area contributed by atoms with Crippen LogP contribution >= 0.6 is 11.3 Å². The summed E-state index contributed by atoms with van der Waals surface area (Å²) in [6, 6.07) is 7.02. The molecular weight excluding hydrogens is 350 g/mol. The number of nitrogens with one attached hydrogen (secondary N) is 2. The highest BCUT2D eigenvalue weighted by atomic mass is 32.1. The van der Waals surface area contributed by atoms with Crippen LogP contribution in [-0.4, -0.2) is 32.2 Å². The molecule has 7 heteroatoms. The van der Waals surface area contributed by atoms with E-state index in [0.29, 0.717) is 17.8 Å². The maximum atomic E-state index is 12.4. The number of aryl methyl sites for hydroxylation is 1. The average molecular weight is 373 g/mol. The monoisotopic (exact) mass is 373 g/mol. The number of esters is 1. The minimum atomic E-state index is -0.421. The van der Waals surface area contributed by atoms with Gasteiger partial charge in [0.1, 0.15) is 0 Å². The standard InChI is InChI=1S/C19H23N3O3S/c1-13-7-10-26-17(13)12-20-19(24)21-15-11-14(18(23)25-2)5-6-16(15)22-8-3-4-9-22/h5-7,10-11H,3-4,8-9,12H2,1-2H3,(H2,20,21,24). The third kappa shape index (κ3) is 4.16. The number of methoxy groups -OCH3 is 1. The highest BCUT2D eigenvalue weighted by Gasteiger charge is 2.19. The number of nitrogens with zero attached hydrogens (tertiary/aromatic N) is 1. The smallest absolute Gasteiger partial charge is 0.337 e. The van der Waals surface area contributed by atoms with Crippen LogP contribution in [0.5, 0.6) is 0 Å². The van der Waals surface area contributed by atoms with Crippen LogP contribution in [0.4, 0.5) is 16.2 Å². The van der Waals surface area contributed by atoms with Crippen LogP contribution in [0.15, 0.2) is 29.6 Å². The molecule has 0 radical (unpaired) electrons. The van der Waals surface area contributed by atoms with Crippen molar-refractivity contribution >= 4 is 34.7 Å². The SMILES string of the molecule is COC(=O)c1ccc(N2CCCC2)c(NC(=O)NCc2sccc2C)c1. The van der Waals surface area contributed by atoms with Gasteiger partial charge in [0.15, 0.2) is 0 Å². The summed E-state index contributed by atoms with van der Waals surface area (Å²) >= 11 is 1.62. The molecule has 26 heavy (non-hydrogen) atoms. The number of amides is 2. The Balaban J connectivity index is 1.75. The van der Waals surface area contributed by atoms with Crippen molar-refractivity contribution in [2.24, 2.45) is 0 Å². The van der Waals surface area contributed by atoms with Crippen molar-refractivity contribution < 1.29 is 14.3 Å². The Kier molecular flexibility index (Phi) is 5.78. The number of rotatable bonds is 5. The summed E-state index contributed by atoms with van der Waals surface area (Å²) in [5.41, 5.74) is 3.13. The fraction of sp³-hybridized carbons (Fsp3) is 0.368. The van der Waals surface area contributed by atoms with Gasteiger partial charge in [0, 0.05) is 18.0 Å². The number of carbonyl (C=O) groups excluding carboxylic acids is 2. The minimum Gasteiger partial charge on any atom is -0.465 e. The highest BCUT2D eigenvalue weighted by molar-refractivity contribution is 7.10. The number of carbonyl (C=O) groups is 2. The number of ether oxygens (including phenoxy) is 1. The zero-order valence-electron chi connectivity index (χ0n) is 15.0. The molecule has 6 nitrogen and oxygen atoms in total. The molecule has 138 valence electrons. The van der Waals surface area contributed by atoms with Crippen molar-refractivity contribution in [3.63, 3.8) is 0 Å². The molecule has 1 fully saturated rings. The minimum absolute atomic E-state index is 0.291. The molecule has 0 saturated carbocycles. The Labute approximate surface area is 157 Å². The first-order valence-corrected chi connectivity index (χ1v) is 9.51. The van der Waals surface area contributed by atoms with Crippen molar-refractivity contribution in [2.45, 2.75) is 26.3 Å². The van der Waals surface area contributed by atoms with Crippen LogP contribution in [0.3, 0.4) is 0 Å². The molecule has 1 aliphatic heterocycles. The quantitative estimate of drug-likeness (QED) is 0.783. The summed E-state index contributed by atoms with van der Waals surface area (Å²) in [6.45, 7) is 4.40. The van der Waals surface area contributed by atoms with Crippen molar-refractivity contribution in [3.8, 4) is 0 Å². The summed E-state index contributed by atoms with van der Waals surface area (Å²) in [5.74, 6) is -0.421. The molecule has 2 amide bonds. The van der Waals surface area contributed by atoms with E-state index in [1.54, 1.807) is 23.5 Å². The van der Waals surface area contributed by atoms with Gasteiger partial charge >= 0.3 is 12.0 Å². The van der Waals surface area contributed by atoms with Gasteiger partial charge in [0.25, 0.3) is 0 Å². The Morgan fingerprint density at radius 2 is 2.00 bits per heavy atom. The Hall–Kier alpha value is -2.54. The number of anilines is 2. The normalized spacial score (nSPS) is 13.5. The summed E-state index contributed by atoms with van der Waals surface area (Å²) in [7, 11) is 1.35. The lowest BCUT2D eigenvalue weighted by Gasteiger charge is -2.22. The summed E-state index contributed by atoms with van der Waals surface area (Å²) in [4.78, 5) is 27.6. The number of urea groups is 1. The van der Waals surface area contributed by atoms with E-state index in [2.05, 4.69) is 15.5 Å². The number of hydrogen-bond donors (Lipinski definition) is 2. The predicted octanol–water partition coefficient (Wildman–Crippen LogP) is 3.77. The molecule has 0 unspecified atom stereocenters. The van der Waals surface area contributed by atoms with Crippen molar-refractivity contribution in [3.05, 3.63) is 45.6 Å². The van der Waals surface area contributed by atoms with Crippen molar-refractivity contribution in [1.29, 1.82) is 0 Å². The van der Waals surface area contributed by atoms with E-state index < -0.39 is 5.97 Å². The first-order valence-electron chi connectivity index (χ1n) is 8.63. The van der Waals surface area contributed by atoms with Gasteiger partial charge in [0.2, 0.25) is 0 Å². The third-order valence-corrected chi connectivity index (χ3v) is 5.51. The van der Waals surface area contributed by atoms with Crippen LogP contribution in [0.1, 0.15) is 33.6 Å². The fourth-order valence-corrected chi connectivity index (χ4v) is 3.87. The van der Waals surface area contributed by atoms with E-state index in [9.17, 15) is 9.59 Å². The zero-order valence-corrected chi connectivity index (χ0v) is 15.8. The average Bonchev–Trinajstić information content (AvgIpc) is 3.31. The van der Waals surface area contributed by atoms with Crippen LogP contribution < -0.4 is 15.5 Å². The molecule has 2 N–H and O–H groups in total. The van der Waals surface area contributed by atoms with Gasteiger partial charge in [0.05, 0.1) is 30.6 Å².